The molecule has 0 aromatic rings. The van der Waals surface area contributed by atoms with Crippen LogP contribution in [0.3, 0.4) is 0 Å². The molecule has 5 nitrogen and oxygen atoms in total. The summed E-state index contributed by atoms with van der Waals surface area (Å²) in [6.45, 7) is 4.30. The smallest absolute Gasteiger partial charge is 0.323 e. The van der Waals surface area contributed by atoms with E-state index in [0.717, 1.165) is 26.1 Å². The predicted octanol–water partition coefficient (Wildman–Crippen LogP) is 0.822. The summed E-state index contributed by atoms with van der Waals surface area (Å²) >= 11 is 0. The molecule has 5 heteroatoms. The minimum atomic E-state index is -1.10. The van der Waals surface area contributed by atoms with E-state index in [0.29, 0.717) is 18.6 Å². The molecule has 2 rings (SSSR count). The topological polar surface area (TPSA) is 75.8 Å². The van der Waals surface area contributed by atoms with E-state index in [1.807, 2.05) is 0 Å². The zero-order valence-electron chi connectivity index (χ0n) is 11.1. The number of nitrogens with zero attached hydrogens (tertiary/aromatic N) is 1. The fourth-order valence-corrected chi connectivity index (χ4v) is 3.04. The molecule has 0 aromatic carbocycles. The molecule has 1 heterocycles. The van der Waals surface area contributed by atoms with E-state index in [9.17, 15) is 4.79 Å². The van der Waals surface area contributed by atoms with Crippen molar-refractivity contribution >= 4 is 5.97 Å². The van der Waals surface area contributed by atoms with Crippen molar-refractivity contribution in [3.05, 3.63) is 0 Å². The van der Waals surface area contributed by atoms with Gasteiger partial charge in [-0.05, 0) is 45.6 Å². The Morgan fingerprint density at radius 3 is 3.06 bits per heavy atom. The van der Waals surface area contributed by atoms with Crippen LogP contribution in [0.15, 0.2) is 0 Å². The fraction of sp³-hybridized carbons (Fsp3) is 0.923. The van der Waals surface area contributed by atoms with Crippen molar-refractivity contribution in [1.29, 1.82) is 0 Å². The molecule has 3 N–H and O–H groups in total. The van der Waals surface area contributed by atoms with Gasteiger partial charge in [0, 0.05) is 12.6 Å². The third-order valence-electron chi connectivity index (χ3n) is 4.23. The average Bonchev–Trinajstić information content (AvgIpc) is 2.77. The van der Waals surface area contributed by atoms with Crippen LogP contribution in [0, 0.1) is 0 Å². The minimum Gasteiger partial charge on any atom is -0.480 e. The number of fused-ring (bicyclic) bond motifs is 1. The first-order chi connectivity index (χ1) is 8.50. The first kappa shape index (κ1) is 13.8. The Kier molecular flexibility index (Phi) is 4.25. The molecule has 0 bridgehead atoms. The number of carbonyl (C=O) groups is 1. The number of hydrogen-bond acceptors (Lipinski definition) is 4. The van der Waals surface area contributed by atoms with E-state index in [2.05, 4.69) is 4.90 Å². The van der Waals surface area contributed by atoms with E-state index in [1.165, 1.54) is 19.3 Å². The second-order valence-corrected chi connectivity index (χ2v) is 5.77. The highest BCUT2D eigenvalue weighted by Gasteiger charge is 2.36. The van der Waals surface area contributed by atoms with E-state index < -0.39 is 11.5 Å². The Hall–Kier alpha value is -0.650. The summed E-state index contributed by atoms with van der Waals surface area (Å²) in [6.07, 6.45) is 5.39. The summed E-state index contributed by atoms with van der Waals surface area (Å²) < 4.78 is 5.76. The third kappa shape index (κ3) is 3.02. The SMILES string of the molecule is CC(N)(CCCN1CCOC2CCCC21)C(=O)O. The van der Waals surface area contributed by atoms with E-state index >= 15 is 0 Å². The lowest BCUT2D eigenvalue weighted by Gasteiger charge is -2.38. The molecule has 2 aliphatic rings. The van der Waals surface area contributed by atoms with Gasteiger partial charge in [-0.15, -0.1) is 0 Å². The van der Waals surface area contributed by atoms with Gasteiger partial charge in [0.25, 0.3) is 0 Å². The minimum absolute atomic E-state index is 0.405. The normalized spacial score (nSPS) is 31.9. The molecule has 104 valence electrons. The van der Waals surface area contributed by atoms with Gasteiger partial charge in [-0.1, -0.05) is 0 Å². The van der Waals surface area contributed by atoms with Gasteiger partial charge < -0.3 is 15.6 Å². The van der Waals surface area contributed by atoms with Crippen LogP contribution < -0.4 is 5.73 Å². The van der Waals surface area contributed by atoms with Crippen LogP contribution in [0.4, 0.5) is 0 Å². The molecule has 3 atom stereocenters. The number of ether oxygens (including phenoxy) is 1. The number of aliphatic carboxylic acids is 1. The van der Waals surface area contributed by atoms with Gasteiger partial charge >= 0.3 is 5.97 Å². The number of carboxylic acid groups (broad SMARTS) is 1. The molecule has 18 heavy (non-hydrogen) atoms. The number of rotatable bonds is 5. The molecule has 1 aliphatic heterocycles. The van der Waals surface area contributed by atoms with Crippen LogP contribution in [0.5, 0.6) is 0 Å². The van der Waals surface area contributed by atoms with Crippen molar-refractivity contribution in [3.63, 3.8) is 0 Å². The van der Waals surface area contributed by atoms with Gasteiger partial charge in [0.2, 0.25) is 0 Å². The number of hydrogen-bond donors (Lipinski definition) is 2. The third-order valence-corrected chi connectivity index (χ3v) is 4.23. The molecule has 0 spiro atoms. The van der Waals surface area contributed by atoms with Gasteiger partial charge in [-0.25, -0.2) is 0 Å². The summed E-state index contributed by atoms with van der Waals surface area (Å²) in [5.74, 6) is -0.914. The molecular formula is C13H24N2O3. The molecular weight excluding hydrogens is 232 g/mol. The Morgan fingerprint density at radius 1 is 1.56 bits per heavy atom. The quantitative estimate of drug-likeness (QED) is 0.761. The second kappa shape index (κ2) is 5.55. The van der Waals surface area contributed by atoms with Crippen LogP contribution in [-0.4, -0.2) is 53.4 Å². The summed E-state index contributed by atoms with van der Waals surface area (Å²) in [5.41, 5.74) is 4.64. The first-order valence-electron chi connectivity index (χ1n) is 6.88. The van der Waals surface area contributed by atoms with Crippen molar-refractivity contribution in [2.75, 3.05) is 19.7 Å². The molecule has 3 unspecified atom stereocenters. The van der Waals surface area contributed by atoms with E-state index in [1.54, 1.807) is 6.92 Å². The average molecular weight is 256 g/mol. The van der Waals surface area contributed by atoms with Crippen molar-refractivity contribution in [2.45, 2.75) is 56.7 Å². The molecule has 2 fully saturated rings. The molecule has 0 aromatic heterocycles. The zero-order valence-corrected chi connectivity index (χ0v) is 11.1. The highest BCUT2D eigenvalue weighted by molar-refractivity contribution is 5.77. The van der Waals surface area contributed by atoms with Crippen LogP contribution >= 0.6 is 0 Å². The van der Waals surface area contributed by atoms with Crippen molar-refractivity contribution < 1.29 is 14.6 Å². The predicted molar refractivity (Wildman–Crippen MR) is 68.4 cm³/mol. The summed E-state index contributed by atoms with van der Waals surface area (Å²) in [7, 11) is 0. The highest BCUT2D eigenvalue weighted by Crippen LogP contribution is 2.29. The Balaban J connectivity index is 1.78. The van der Waals surface area contributed by atoms with Crippen molar-refractivity contribution in [2.24, 2.45) is 5.73 Å². The molecule has 0 amide bonds. The van der Waals surface area contributed by atoms with Crippen LogP contribution in [0.1, 0.15) is 39.0 Å². The van der Waals surface area contributed by atoms with E-state index in [-0.39, 0.29) is 0 Å². The molecule has 1 saturated carbocycles. The van der Waals surface area contributed by atoms with Gasteiger partial charge in [0.1, 0.15) is 5.54 Å². The van der Waals surface area contributed by atoms with Gasteiger partial charge in [0.15, 0.2) is 0 Å². The Bertz CT molecular complexity index is 307. The maximum absolute atomic E-state index is 10.9. The van der Waals surface area contributed by atoms with Crippen LogP contribution in [-0.2, 0) is 9.53 Å². The highest BCUT2D eigenvalue weighted by atomic mass is 16.5. The van der Waals surface area contributed by atoms with Gasteiger partial charge in [0.05, 0.1) is 12.7 Å². The lowest BCUT2D eigenvalue weighted by Crippen LogP contribution is -2.50. The Morgan fingerprint density at radius 2 is 2.33 bits per heavy atom. The summed E-state index contributed by atoms with van der Waals surface area (Å²) in [4.78, 5) is 13.4. The van der Waals surface area contributed by atoms with Crippen LogP contribution in [0.2, 0.25) is 0 Å². The number of morpholine rings is 1. The van der Waals surface area contributed by atoms with Crippen molar-refractivity contribution in [3.8, 4) is 0 Å². The summed E-state index contributed by atoms with van der Waals surface area (Å²) in [5, 5.41) is 8.97. The van der Waals surface area contributed by atoms with Crippen LogP contribution in [0.25, 0.3) is 0 Å². The number of nitrogens with two attached hydrogens (primary N) is 1. The summed E-state index contributed by atoms with van der Waals surface area (Å²) in [6, 6.07) is 0.549. The maximum atomic E-state index is 10.9. The maximum Gasteiger partial charge on any atom is 0.323 e. The zero-order chi connectivity index (χ0) is 13.2. The Labute approximate surface area is 108 Å². The first-order valence-corrected chi connectivity index (χ1v) is 6.88. The molecule has 1 saturated heterocycles. The molecule has 1 aliphatic carbocycles. The number of carboxylic acids is 1. The monoisotopic (exact) mass is 256 g/mol. The largest absolute Gasteiger partial charge is 0.480 e. The lowest BCUT2D eigenvalue weighted by atomic mass is 9.97. The fourth-order valence-electron chi connectivity index (χ4n) is 3.04. The van der Waals surface area contributed by atoms with Crippen molar-refractivity contribution in [1.82, 2.24) is 4.90 Å². The lowest BCUT2D eigenvalue weighted by molar-refractivity contribution is -0.143. The second-order valence-electron chi connectivity index (χ2n) is 5.77. The van der Waals surface area contributed by atoms with Gasteiger partial charge in [-0.2, -0.15) is 0 Å². The standard InChI is InChI=1S/C13H24N2O3/c1-13(14,12(16)17)6-3-7-15-8-9-18-11-5-2-4-10(11)15/h10-11H,2-9,14H2,1H3,(H,16,17). The molecule has 0 radical (unpaired) electrons. The van der Waals surface area contributed by atoms with Gasteiger partial charge in [-0.3, -0.25) is 9.69 Å². The van der Waals surface area contributed by atoms with E-state index in [4.69, 9.17) is 15.6 Å².